The van der Waals surface area contributed by atoms with E-state index in [-0.39, 0.29) is 5.91 Å². The number of nitrogen functional groups attached to an aromatic ring is 1. The van der Waals surface area contributed by atoms with E-state index in [0.29, 0.717) is 16.3 Å². The van der Waals surface area contributed by atoms with Gasteiger partial charge in [0.1, 0.15) is 0 Å². The molecule has 5 heteroatoms. The maximum Gasteiger partial charge on any atom is 0.270 e. The van der Waals surface area contributed by atoms with Gasteiger partial charge >= 0.3 is 0 Å². The largest absolute Gasteiger partial charge is 0.398 e. The molecular formula is C13H14ClN3O. The fraction of sp³-hybridized carbons (Fsp3) is 0.154. The van der Waals surface area contributed by atoms with Crippen molar-refractivity contribution < 1.29 is 4.79 Å². The molecule has 0 unspecified atom stereocenters. The Labute approximate surface area is 110 Å². The summed E-state index contributed by atoms with van der Waals surface area (Å²) in [5.74, 6) is -0.223. The molecule has 0 spiro atoms. The third-order valence-corrected chi connectivity index (χ3v) is 3.07. The van der Waals surface area contributed by atoms with Gasteiger partial charge in [-0.05, 0) is 44.2 Å². The zero-order chi connectivity index (χ0) is 13.3. The molecule has 0 saturated carbocycles. The third kappa shape index (κ3) is 2.33. The first-order valence-electron chi connectivity index (χ1n) is 5.50. The highest BCUT2D eigenvalue weighted by Gasteiger charge is 2.10. The summed E-state index contributed by atoms with van der Waals surface area (Å²) in [5.41, 5.74) is 11.3. The van der Waals surface area contributed by atoms with Crippen LogP contribution in [0.25, 0.3) is 0 Å². The molecule has 2 rings (SSSR count). The van der Waals surface area contributed by atoms with Gasteiger partial charge in [0.15, 0.2) is 0 Å². The Kier molecular flexibility index (Phi) is 3.30. The predicted molar refractivity (Wildman–Crippen MR) is 73.5 cm³/mol. The summed E-state index contributed by atoms with van der Waals surface area (Å²) in [6, 6.07) is 8.69. The molecule has 0 saturated heterocycles. The van der Waals surface area contributed by atoms with Crippen molar-refractivity contribution in [3.05, 3.63) is 52.3 Å². The molecule has 0 fully saturated rings. The van der Waals surface area contributed by atoms with Crippen LogP contribution in [0.2, 0.25) is 5.02 Å². The monoisotopic (exact) mass is 263 g/mol. The van der Waals surface area contributed by atoms with E-state index >= 15 is 0 Å². The number of carbonyl (C=O) groups is 1. The van der Waals surface area contributed by atoms with E-state index in [1.165, 1.54) is 0 Å². The van der Waals surface area contributed by atoms with Crippen molar-refractivity contribution in [2.45, 2.75) is 13.8 Å². The number of amides is 1. The second-order valence-electron chi connectivity index (χ2n) is 4.13. The number of hydrogen-bond acceptors (Lipinski definition) is 2. The highest BCUT2D eigenvalue weighted by atomic mass is 35.5. The van der Waals surface area contributed by atoms with E-state index < -0.39 is 0 Å². The van der Waals surface area contributed by atoms with Crippen molar-refractivity contribution in [2.75, 3.05) is 11.2 Å². The minimum absolute atomic E-state index is 0.223. The van der Waals surface area contributed by atoms with Crippen LogP contribution in [-0.4, -0.2) is 10.6 Å². The number of hydrogen-bond donors (Lipinski definition) is 2. The normalized spacial score (nSPS) is 10.4. The zero-order valence-corrected chi connectivity index (χ0v) is 11.0. The molecule has 0 radical (unpaired) electrons. The zero-order valence-electron chi connectivity index (χ0n) is 10.2. The van der Waals surface area contributed by atoms with Crippen LogP contribution in [0.15, 0.2) is 30.3 Å². The lowest BCUT2D eigenvalue weighted by Crippen LogP contribution is -2.24. The first kappa shape index (κ1) is 12.5. The molecule has 2 aromatic rings. The molecule has 94 valence electrons. The molecule has 1 heterocycles. The maximum atomic E-state index is 12.0. The van der Waals surface area contributed by atoms with Gasteiger partial charge in [-0.25, -0.2) is 0 Å². The summed E-state index contributed by atoms with van der Waals surface area (Å²) in [6.45, 7) is 3.84. The Bertz CT molecular complexity index is 585. The highest BCUT2D eigenvalue weighted by molar-refractivity contribution is 6.33. The lowest BCUT2D eigenvalue weighted by atomic mass is 10.2. The second-order valence-corrected chi connectivity index (χ2v) is 4.54. The van der Waals surface area contributed by atoms with Gasteiger partial charge in [0.2, 0.25) is 0 Å². The van der Waals surface area contributed by atoms with Gasteiger partial charge in [0.25, 0.3) is 5.91 Å². The molecule has 4 nitrogen and oxygen atoms in total. The number of benzene rings is 1. The number of rotatable bonds is 2. The number of nitrogens with zero attached hydrogens (tertiary/aromatic N) is 1. The van der Waals surface area contributed by atoms with Gasteiger partial charge in [-0.3, -0.25) is 14.9 Å². The fourth-order valence-electron chi connectivity index (χ4n) is 1.68. The smallest absolute Gasteiger partial charge is 0.270 e. The minimum atomic E-state index is -0.223. The summed E-state index contributed by atoms with van der Waals surface area (Å²) < 4.78 is 1.73. The Balaban J connectivity index is 2.25. The standard InChI is InChI=1S/C13H14ClN3O/c1-8-3-4-9(2)17(8)16-13(18)10-5-6-12(15)11(14)7-10/h3-7H,15H2,1-2H3,(H,16,18). The molecule has 1 aromatic carbocycles. The van der Waals surface area contributed by atoms with Crippen molar-refractivity contribution in [1.29, 1.82) is 0 Å². The summed E-state index contributed by atoms with van der Waals surface area (Å²) >= 11 is 5.89. The van der Waals surface area contributed by atoms with Crippen LogP contribution in [0, 0.1) is 13.8 Å². The first-order valence-corrected chi connectivity index (χ1v) is 5.88. The van der Waals surface area contributed by atoms with Crippen molar-refractivity contribution >= 4 is 23.2 Å². The molecule has 18 heavy (non-hydrogen) atoms. The Morgan fingerprint density at radius 1 is 1.22 bits per heavy atom. The van der Waals surface area contributed by atoms with E-state index in [1.807, 2.05) is 26.0 Å². The lowest BCUT2D eigenvalue weighted by molar-refractivity contribution is 0.101. The van der Waals surface area contributed by atoms with Crippen LogP contribution in [-0.2, 0) is 0 Å². The van der Waals surface area contributed by atoms with Gasteiger partial charge in [-0.1, -0.05) is 11.6 Å². The maximum absolute atomic E-state index is 12.0. The van der Waals surface area contributed by atoms with E-state index in [1.54, 1.807) is 22.9 Å². The number of anilines is 1. The summed E-state index contributed by atoms with van der Waals surface area (Å²) in [7, 11) is 0. The van der Waals surface area contributed by atoms with Gasteiger partial charge in [-0.15, -0.1) is 0 Å². The number of halogens is 1. The van der Waals surface area contributed by atoms with E-state index in [2.05, 4.69) is 5.43 Å². The van der Waals surface area contributed by atoms with Gasteiger partial charge in [0, 0.05) is 17.0 Å². The topological polar surface area (TPSA) is 60.0 Å². The summed E-state index contributed by atoms with van der Waals surface area (Å²) in [6.07, 6.45) is 0. The predicted octanol–water partition coefficient (Wildman–Crippen LogP) is 2.72. The van der Waals surface area contributed by atoms with Crippen molar-refractivity contribution in [1.82, 2.24) is 4.68 Å². The van der Waals surface area contributed by atoms with Crippen molar-refractivity contribution in [3.8, 4) is 0 Å². The van der Waals surface area contributed by atoms with E-state index in [9.17, 15) is 4.79 Å². The number of aromatic nitrogens is 1. The summed E-state index contributed by atoms with van der Waals surface area (Å²) in [4.78, 5) is 12.0. The first-order chi connectivity index (χ1) is 8.49. The Hall–Kier alpha value is -1.94. The average molecular weight is 264 g/mol. The van der Waals surface area contributed by atoms with Crippen LogP contribution in [0.4, 0.5) is 5.69 Å². The van der Waals surface area contributed by atoms with Gasteiger partial charge in [0.05, 0.1) is 10.7 Å². The van der Waals surface area contributed by atoms with Crippen LogP contribution in [0.3, 0.4) is 0 Å². The molecule has 0 aliphatic rings. The van der Waals surface area contributed by atoms with Crippen LogP contribution in [0.5, 0.6) is 0 Å². The van der Waals surface area contributed by atoms with Crippen LogP contribution >= 0.6 is 11.6 Å². The highest BCUT2D eigenvalue weighted by Crippen LogP contribution is 2.19. The quantitative estimate of drug-likeness (QED) is 0.819. The molecule has 1 aromatic heterocycles. The van der Waals surface area contributed by atoms with E-state index in [0.717, 1.165) is 11.4 Å². The second kappa shape index (κ2) is 4.74. The molecule has 0 bridgehead atoms. The number of carbonyl (C=O) groups excluding carboxylic acids is 1. The molecule has 0 aliphatic heterocycles. The number of aryl methyl sites for hydroxylation is 2. The van der Waals surface area contributed by atoms with Gasteiger partial charge < -0.3 is 5.73 Å². The van der Waals surface area contributed by atoms with Crippen LogP contribution < -0.4 is 11.2 Å². The number of nitrogens with one attached hydrogen (secondary N) is 1. The number of nitrogens with two attached hydrogens (primary N) is 1. The minimum Gasteiger partial charge on any atom is -0.398 e. The fourth-order valence-corrected chi connectivity index (χ4v) is 1.86. The Morgan fingerprint density at radius 3 is 2.39 bits per heavy atom. The van der Waals surface area contributed by atoms with Crippen LogP contribution in [0.1, 0.15) is 21.7 Å². The molecule has 1 amide bonds. The lowest BCUT2D eigenvalue weighted by Gasteiger charge is -2.11. The molecule has 0 aliphatic carbocycles. The molecular weight excluding hydrogens is 250 g/mol. The SMILES string of the molecule is Cc1ccc(C)n1NC(=O)c1ccc(N)c(Cl)c1. The summed E-state index contributed by atoms with van der Waals surface area (Å²) in [5, 5.41) is 0.378. The van der Waals surface area contributed by atoms with E-state index in [4.69, 9.17) is 17.3 Å². The Morgan fingerprint density at radius 2 is 1.83 bits per heavy atom. The third-order valence-electron chi connectivity index (χ3n) is 2.75. The van der Waals surface area contributed by atoms with Gasteiger partial charge in [-0.2, -0.15) is 0 Å². The molecule has 0 atom stereocenters. The molecule has 3 N–H and O–H groups in total. The van der Waals surface area contributed by atoms with Crippen molar-refractivity contribution in [2.24, 2.45) is 0 Å². The average Bonchev–Trinajstić information content (AvgIpc) is 2.64. The van der Waals surface area contributed by atoms with Crippen molar-refractivity contribution in [3.63, 3.8) is 0 Å².